The van der Waals surface area contributed by atoms with Crippen LogP contribution in [0, 0.1) is 40.4 Å². The fraction of sp³-hybridized carbons (Fsp3) is 0.913. The minimum atomic E-state index is -0.116. The van der Waals surface area contributed by atoms with Gasteiger partial charge in [-0.3, -0.25) is 9.59 Å². The number of esters is 1. The van der Waals surface area contributed by atoms with Crippen LogP contribution in [0.1, 0.15) is 84.5 Å². The Hall–Kier alpha value is -0.860. The van der Waals surface area contributed by atoms with Gasteiger partial charge in [-0.25, -0.2) is 0 Å². The lowest BCUT2D eigenvalue weighted by molar-refractivity contribution is -0.160. The highest BCUT2D eigenvalue weighted by atomic mass is 16.5. The Balaban J connectivity index is 1.38. The van der Waals surface area contributed by atoms with Crippen molar-refractivity contribution >= 4 is 11.8 Å². The van der Waals surface area contributed by atoms with E-state index in [0.29, 0.717) is 22.5 Å². The standard InChI is InChI=1S/C23H34O3/c1-14(24)26-16-7-10-22(2)15(13-16)3-4-17-18(22)8-11-23-12-9-21(25)20(23)6-5-19(17)23/h15-20H,3-13H2,1-2H3/t15-,16-,17+,18-,19-,20+,22-,23+/m0/s1. The lowest BCUT2D eigenvalue weighted by Crippen LogP contribution is -2.54. The van der Waals surface area contributed by atoms with Crippen molar-refractivity contribution in [2.75, 3.05) is 0 Å². The Bertz CT molecular complexity index is 627. The number of ether oxygens (including phenoxy) is 1. The summed E-state index contributed by atoms with van der Waals surface area (Å²) in [6.45, 7) is 4.10. The largest absolute Gasteiger partial charge is 0.463 e. The smallest absolute Gasteiger partial charge is 0.302 e. The Morgan fingerprint density at radius 2 is 1.85 bits per heavy atom. The molecule has 5 saturated carbocycles. The summed E-state index contributed by atoms with van der Waals surface area (Å²) in [4.78, 5) is 23.8. The fourth-order valence-corrected chi connectivity index (χ4v) is 8.87. The number of carbonyl (C=O) groups excluding carboxylic acids is 2. The van der Waals surface area contributed by atoms with Crippen molar-refractivity contribution in [1.29, 1.82) is 0 Å². The van der Waals surface area contributed by atoms with Gasteiger partial charge in [-0.15, -0.1) is 0 Å². The first-order chi connectivity index (χ1) is 12.4. The molecule has 3 nitrogen and oxygen atoms in total. The zero-order valence-electron chi connectivity index (χ0n) is 16.5. The van der Waals surface area contributed by atoms with Crippen LogP contribution in [0.2, 0.25) is 0 Å². The van der Waals surface area contributed by atoms with Crippen molar-refractivity contribution in [2.24, 2.45) is 40.4 Å². The number of carbonyl (C=O) groups is 2. The molecule has 0 aromatic rings. The minimum absolute atomic E-state index is 0.116. The summed E-state index contributed by atoms with van der Waals surface area (Å²) in [7, 11) is 0. The maximum Gasteiger partial charge on any atom is 0.302 e. The van der Waals surface area contributed by atoms with Gasteiger partial charge >= 0.3 is 5.97 Å². The normalized spacial score (nSPS) is 52.6. The molecular weight excluding hydrogens is 324 g/mol. The van der Waals surface area contributed by atoms with Crippen LogP contribution in [0.25, 0.3) is 0 Å². The number of hydrogen-bond acceptors (Lipinski definition) is 3. The SMILES string of the molecule is CC(=O)O[C@H]1CC[C@@]2(C)[C@@H](CC[C@@H]3[C@@H]2CC[C@]24CCC(=O)[C@H]2CC[C@@H]34)C1. The highest BCUT2D eigenvalue weighted by molar-refractivity contribution is 5.84. The quantitative estimate of drug-likeness (QED) is 0.625. The molecule has 0 amide bonds. The number of hydrogen-bond donors (Lipinski definition) is 0. The highest BCUT2D eigenvalue weighted by Gasteiger charge is 2.64. The molecule has 26 heavy (non-hydrogen) atoms. The molecule has 0 aromatic heterocycles. The number of ketones is 1. The summed E-state index contributed by atoms with van der Waals surface area (Å²) in [5.41, 5.74) is 0.832. The number of Topliss-reactive ketones (excluding diaryl/α,β-unsaturated/α-hetero) is 1. The third-order valence-electron chi connectivity index (χ3n) is 9.89. The third kappa shape index (κ3) is 2.24. The second-order valence-corrected chi connectivity index (χ2v) is 10.5. The Labute approximate surface area is 157 Å². The molecule has 5 aliphatic carbocycles. The van der Waals surface area contributed by atoms with E-state index in [4.69, 9.17) is 4.74 Å². The van der Waals surface area contributed by atoms with E-state index in [1.165, 1.54) is 51.4 Å². The van der Waals surface area contributed by atoms with Crippen LogP contribution in [-0.2, 0) is 14.3 Å². The summed E-state index contributed by atoms with van der Waals surface area (Å²) in [5.74, 6) is 4.12. The van der Waals surface area contributed by atoms with Crippen LogP contribution in [0.4, 0.5) is 0 Å². The zero-order valence-corrected chi connectivity index (χ0v) is 16.5. The highest BCUT2D eigenvalue weighted by Crippen LogP contribution is 2.70. The molecule has 0 aromatic carbocycles. The van der Waals surface area contributed by atoms with E-state index in [-0.39, 0.29) is 12.1 Å². The van der Waals surface area contributed by atoms with E-state index >= 15 is 0 Å². The molecule has 5 aliphatic rings. The van der Waals surface area contributed by atoms with Gasteiger partial charge in [0.2, 0.25) is 0 Å². The first kappa shape index (κ1) is 17.3. The van der Waals surface area contributed by atoms with E-state index in [1.54, 1.807) is 6.92 Å². The van der Waals surface area contributed by atoms with Gasteiger partial charge in [0.25, 0.3) is 0 Å². The van der Waals surface area contributed by atoms with E-state index in [2.05, 4.69) is 6.92 Å². The van der Waals surface area contributed by atoms with Crippen molar-refractivity contribution in [1.82, 2.24) is 0 Å². The molecule has 3 heteroatoms. The Kier molecular flexibility index (Phi) is 3.86. The van der Waals surface area contributed by atoms with Crippen molar-refractivity contribution in [3.05, 3.63) is 0 Å². The van der Waals surface area contributed by atoms with Gasteiger partial charge in [-0.2, -0.15) is 0 Å². The second kappa shape index (κ2) is 5.82. The van der Waals surface area contributed by atoms with E-state index in [1.807, 2.05) is 0 Å². The maximum absolute atomic E-state index is 12.4. The zero-order chi connectivity index (χ0) is 18.1. The molecular formula is C23H34O3. The van der Waals surface area contributed by atoms with Gasteiger partial charge in [0.05, 0.1) is 0 Å². The number of rotatable bonds is 1. The van der Waals surface area contributed by atoms with Crippen LogP contribution in [0.3, 0.4) is 0 Å². The summed E-state index contributed by atoms with van der Waals surface area (Å²) in [6.07, 6.45) is 13.4. The Morgan fingerprint density at radius 3 is 2.65 bits per heavy atom. The number of fused-ring (bicyclic) bond motifs is 4. The molecule has 0 heterocycles. The van der Waals surface area contributed by atoms with Gasteiger partial charge in [0.1, 0.15) is 11.9 Å². The van der Waals surface area contributed by atoms with Crippen molar-refractivity contribution in [3.63, 3.8) is 0 Å². The van der Waals surface area contributed by atoms with Gasteiger partial charge in [-0.1, -0.05) is 6.92 Å². The molecule has 8 atom stereocenters. The molecule has 144 valence electrons. The predicted molar refractivity (Wildman–Crippen MR) is 99.3 cm³/mol. The van der Waals surface area contributed by atoms with Crippen LogP contribution < -0.4 is 0 Å². The van der Waals surface area contributed by atoms with E-state index < -0.39 is 0 Å². The summed E-state index contributed by atoms with van der Waals surface area (Å²) in [6, 6.07) is 0. The topological polar surface area (TPSA) is 43.4 Å². The second-order valence-electron chi connectivity index (χ2n) is 10.5. The van der Waals surface area contributed by atoms with Gasteiger partial charge < -0.3 is 4.74 Å². The molecule has 0 bridgehead atoms. The molecule has 0 N–H and O–H groups in total. The summed E-state index contributed by atoms with van der Waals surface area (Å²) in [5, 5.41) is 0. The molecule has 1 spiro atoms. The van der Waals surface area contributed by atoms with E-state index in [0.717, 1.165) is 42.9 Å². The van der Waals surface area contributed by atoms with E-state index in [9.17, 15) is 9.59 Å². The molecule has 0 unspecified atom stereocenters. The van der Waals surface area contributed by atoms with Crippen LogP contribution >= 0.6 is 0 Å². The molecule has 0 aliphatic heterocycles. The predicted octanol–water partition coefficient (Wildman–Crippen LogP) is 4.92. The fourth-order valence-electron chi connectivity index (χ4n) is 8.87. The molecule has 5 fully saturated rings. The van der Waals surface area contributed by atoms with Crippen molar-refractivity contribution in [2.45, 2.75) is 90.6 Å². The average molecular weight is 359 g/mol. The Morgan fingerprint density at radius 1 is 1.00 bits per heavy atom. The van der Waals surface area contributed by atoms with Gasteiger partial charge in [0, 0.05) is 19.3 Å². The van der Waals surface area contributed by atoms with Gasteiger partial charge in [0.15, 0.2) is 0 Å². The first-order valence-corrected chi connectivity index (χ1v) is 11.1. The lowest BCUT2D eigenvalue weighted by Gasteiger charge is -2.61. The minimum Gasteiger partial charge on any atom is -0.463 e. The van der Waals surface area contributed by atoms with Crippen LogP contribution in [0.15, 0.2) is 0 Å². The molecule has 0 saturated heterocycles. The summed E-state index contributed by atoms with van der Waals surface area (Å²) >= 11 is 0. The third-order valence-corrected chi connectivity index (χ3v) is 9.89. The van der Waals surface area contributed by atoms with Crippen LogP contribution in [-0.4, -0.2) is 17.9 Å². The monoisotopic (exact) mass is 358 g/mol. The van der Waals surface area contributed by atoms with Gasteiger partial charge in [-0.05, 0) is 98.7 Å². The summed E-state index contributed by atoms with van der Waals surface area (Å²) < 4.78 is 5.58. The average Bonchev–Trinajstić information content (AvgIpc) is 3.12. The lowest BCUT2D eigenvalue weighted by atomic mass is 9.44. The van der Waals surface area contributed by atoms with Crippen molar-refractivity contribution in [3.8, 4) is 0 Å². The first-order valence-electron chi connectivity index (χ1n) is 11.1. The maximum atomic E-state index is 12.4. The molecule has 0 radical (unpaired) electrons. The molecule has 5 rings (SSSR count). The van der Waals surface area contributed by atoms with Crippen LogP contribution in [0.5, 0.6) is 0 Å². The van der Waals surface area contributed by atoms with Crippen molar-refractivity contribution < 1.29 is 14.3 Å².